The molecule has 156 valence electrons. The molecule has 0 spiro atoms. The summed E-state index contributed by atoms with van der Waals surface area (Å²) in [5.41, 5.74) is 3.26. The largest absolute Gasteiger partial charge is 0.463 e. The van der Waals surface area contributed by atoms with Crippen LogP contribution in [0.2, 0.25) is 0 Å². The zero-order valence-electron chi connectivity index (χ0n) is 16.2. The molecule has 1 aliphatic rings. The van der Waals surface area contributed by atoms with Crippen LogP contribution >= 0.6 is 0 Å². The Labute approximate surface area is 172 Å². The van der Waals surface area contributed by atoms with Crippen molar-refractivity contribution in [2.45, 2.75) is 12.7 Å². The van der Waals surface area contributed by atoms with E-state index in [1.54, 1.807) is 24.4 Å². The van der Waals surface area contributed by atoms with Gasteiger partial charge in [0.1, 0.15) is 5.82 Å². The Balaban J connectivity index is 1.71. The van der Waals surface area contributed by atoms with Crippen LogP contribution in [-0.4, -0.2) is 51.5 Å². The van der Waals surface area contributed by atoms with E-state index in [9.17, 15) is 4.39 Å². The zero-order valence-corrected chi connectivity index (χ0v) is 16.2. The van der Waals surface area contributed by atoms with Crippen molar-refractivity contribution in [3.8, 4) is 28.7 Å². The van der Waals surface area contributed by atoms with Gasteiger partial charge in [0, 0.05) is 24.8 Å². The first-order chi connectivity index (χ1) is 14.6. The average Bonchev–Trinajstić information content (AvgIpc) is 3.21. The van der Waals surface area contributed by atoms with Gasteiger partial charge in [-0.25, -0.2) is 14.4 Å². The van der Waals surface area contributed by atoms with Crippen molar-refractivity contribution in [1.29, 1.82) is 0 Å². The highest BCUT2D eigenvalue weighted by atomic mass is 19.1. The fourth-order valence-electron chi connectivity index (χ4n) is 2.92. The van der Waals surface area contributed by atoms with Gasteiger partial charge in [-0.2, -0.15) is 4.98 Å². The summed E-state index contributed by atoms with van der Waals surface area (Å²) in [6.45, 7) is 4.92. The minimum Gasteiger partial charge on any atom is -0.463 e. The topological polar surface area (TPSA) is 102 Å². The molecule has 3 heterocycles. The molecule has 2 N–H and O–H groups in total. The summed E-state index contributed by atoms with van der Waals surface area (Å²) in [4.78, 5) is 16.4. The molecule has 30 heavy (non-hydrogen) atoms. The van der Waals surface area contributed by atoms with Gasteiger partial charge in [0.25, 0.3) is 0 Å². The molecule has 1 aromatic carbocycles. The summed E-state index contributed by atoms with van der Waals surface area (Å²) < 4.78 is 30.2. The molecule has 0 saturated carbocycles. The maximum atomic E-state index is 13.4. The van der Waals surface area contributed by atoms with Crippen LogP contribution in [0.1, 0.15) is 18.5 Å². The maximum Gasteiger partial charge on any atom is 0.316 e. The average molecular weight is 412 g/mol. The van der Waals surface area contributed by atoms with Crippen molar-refractivity contribution in [3.63, 3.8) is 0 Å². The Morgan fingerprint density at radius 3 is 2.67 bits per heavy atom. The van der Waals surface area contributed by atoms with Crippen molar-refractivity contribution in [1.82, 2.24) is 19.9 Å². The second-order valence-corrected chi connectivity index (χ2v) is 6.71. The van der Waals surface area contributed by atoms with Gasteiger partial charge in [0.2, 0.25) is 6.29 Å². The monoisotopic (exact) mass is 412 g/mol. The molecule has 2 aromatic heterocycles. The van der Waals surface area contributed by atoms with E-state index in [1.165, 1.54) is 12.1 Å². The summed E-state index contributed by atoms with van der Waals surface area (Å²) in [5.74, 6) is 0.133. The van der Waals surface area contributed by atoms with E-state index in [4.69, 9.17) is 19.3 Å². The van der Waals surface area contributed by atoms with Crippen LogP contribution in [0.25, 0.3) is 22.6 Å². The second-order valence-electron chi connectivity index (χ2n) is 6.71. The highest BCUT2D eigenvalue weighted by Crippen LogP contribution is 2.33. The van der Waals surface area contributed by atoms with Crippen LogP contribution in [0, 0.1) is 5.82 Å². The van der Waals surface area contributed by atoms with E-state index in [0.717, 1.165) is 5.57 Å². The molecule has 1 saturated heterocycles. The zero-order chi connectivity index (χ0) is 20.9. The summed E-state index contributed by atoms with van der Waals surface area (Å²) in [7, 11) is 0. The summed E-state index contributed by atoms with van der Waals surface area (Å²) in [5, 5.41) is 8.91. The van der Waals surface area contributed by atoms with Crippen LogP contribution in [0.5, 0.6) is 6.01 Å². The number of H-pyrrole nitrogens is 1. The number of hydrogen-bond acceptors (Lipinski definition) is 7. The number of ether oxygens (including phenoxy) is 3. The predicted octanol–water partition coefficient (Wildman–Crippen LogP) is 3.04. The van der Waals surface area contributed by atoms with Crippen LogP contribution in [0.4, 0.5) is 4.39 Å². The van der Waals surface area contributed by atoms with E-state index in [1.807, 2.05) is 0 Å². The van der Waals surface area contributed by atoms with Gasteiger partial charge in [0.05, 0.1) is 36.9 Å². The molecule has 0 amide bonds. The number of halogens is 1. The third kappa shape index (κ3) is 4.54. The molecule has 0 aliphatic carbocycles. The summed E-state index contributed by atoms with van der Waals surface area (Å²) in [6, 6.07) is 7.92. The molecule has 1 fully saturated rings. The lowest BCUT2D eigenvalue weighted by molar-refractivity contribution is -0.165. The van der Waals surface area contributed by atoms with Gasteiger partial charge in [-0.15, -0.1) is 0 Å². The van der Waals surface area contributed by atoms with Gasteiger partial charge in [-0.3, -0.25) is 0 Å². The molecule has 0 atom stereocenters. The Bertz CT molecular complexity index is 1010. The lowest BCUT2D eigenvalue weighted by Crippen LogP contribution is -2.20. The van der Waals surface area contributed by atoms with Crippen molar-refractivity contribution in [2.75, 3.05) is 26.4 Å². The number of aromatic amines is 1. The number of aliphatic hydroxyl groups is 1. The molecule has 3 aromatic rings. The van der Waals surface area contributed by atoms with Gasteiger partial charge >= 0.3 is 6.01 Å². The minimum atomic E-state index is -0.675. The molecule has 0 radical (unpaired) electrons. The standard InChI is InChI=1S/C21H21FN4O4/c1-13-11-29-20(30-12-13)19-25-17(14-3-5-15(22)6-4-14)18(26-19)16-7-8-23-21(24-16)28-10-2-9-27/h3-8,20,27H,1-2,9-12H2,(H,25,26). The number of aromatic nitrogens is 4. The smallest absolute Gasteiger partial charge is 0.316 e. The SMILES string of the molecule is C=C1COC(c2nc(-c3ccc(F)cc3)c(-c3ccnc(OCCCO)n3)[nH]2)OC1. The molecule has 1 aliphatic heterocycles. The lowest BCUT2D eigenvalue weighted by Gasteiger charge is -2.22. The van der Waals surface area contributed by atoms with Crippen LogP contribution < -0.4 is 4.74 Å². The molecule has 9 heteroatoms. The third-order valence-corrected chi connectivity index (χ3v) is 4.36. The van der Waals surface area contributed by atoms with Gasteiger partial charge < -0.3 is 24.3 Å². The van der Waals surface area contributed by atoms with Crippen LogP contribution in [0.3, 0.4) is 0 Å². The summed E-state index contributed by atoms with van der Waals surface area (Å²) in [6.07, 6.45) is 1.37. The molecule has 4 rings (SSSR count). The first-order valence-electron chi connectivity index (χ1n) is 9.47. The van der Waals surface area contributed by atoms with Gasteiger partial charge in [-0.05, 0) is 35.9 Å². The van der Waals surface area contributed by atoms with Crippen molar-refractivity contribution >= 4 is 0 Å². The molecule has 8 nitrogen and oxygen atoms in total. The van der Waals surface area contributed by atoms with E-state index >= 15 is 0 Å². The molecular formula is C21H21FN4O4. The third-order valence-electron chi connectivity index (χ3n) is 4.36. The van der Waals surface area contributed by atoms with E-state index in [-0.39, 0.29) is 18.4 Å². The summed E-state index contributed by atoms with van der Waals surface area (Å²) >= 11 is 0. The maximum absolute atomic E-state index is 13.4. The number of hydrogen-bond donors (Lipinski definition) is 2. The van der Waals surface area contributed by atoms with Crippen LogP contribution in [0.15, 0.2) is 48.7 Å². The number of nitrogens with zero attached hydrogens (tertiary/aromatic N) is 3. The molecule has 0 unspecified atom stereocenters. The first-order valence-corrected chi connectivity index (χ1v) is 9.47. The minimum absolute atomic E-state index is 0.0200. The van der Waals surface area contributed by atoms with Crippen molar-refractivity contribution in [2.24, 2.45) is 0 Å². The first kappa shape index (κ1) is 20.1. The van der Waals surface area contributed by atoms with E-state index in [2.05, 4.69) is 26.5 Å². The Morgan fingerprint density at radius 1 is 1.17 bits per heavy atom. The van der Waals surface area contributed by atoms with Crippen LogP contribution in [-0.2, 0) is 9.47 Å². The number of nitrogens with one attached hydrogen (secondary N) is 1. The predicted molar refractivity (Wildman–Crippen MR) is 106 cm³/mol. The number of aliphatic hydroxyl groups excluding tert-OH is 1. The Morgan fingerprint density at radius 2 is 1.93 bits per heavy atom. The van der Waals surface area contributed by atoms with E-state index < -0.39 is 6.29 Å². The highest BCUT2D eigenvalue weighted by Gasteiger charge is 2.25. The Kier molecular flexibility index (Phi) is 6.12. The number of rotatable bonds is 7. The highest BCUT2D eigenvalue weighted by molar-refractivity contribution is 5.76. The van der Waals surface area contributed by atoms with Crippen molar-refractivity contribution < 1.29 is 23.7 Å². The fourth-order valence-corrected chi connectivity index (χ4v) is 2.92. The Hall–Kier alpha value is -3.14. The molecular weight excluding hydrogens is 391 g/mol. The normalized spacial score (nSPS) is 14.8. The number of imidazole rings is 1. The lowest BCUT2D eigenvalue weighted by atomic mass is 10.1. The fraction of sp³-hybridized carbons (Fsp3) is 0.286. The quantitative estimate of drug-likeness (QED) is 0.454. The van der Waals surface area contributed by atoms with Gasteiger partial charge in [0.15, 0.2) is 5.82 Å². The second kappa shape index (κ2) is 9.12. The van der Waals surface area contributed by atoms with E-state index in [0.29, 0.717) is 54.7 Å². The molecule has 0 bridgehead atoms. The van der Waals surface area contributed by atoms with Gasteiger partial charge in [-0.1, -0.05) is 6.58 Å². The van der Waals surface area contributed by atoms with Crippen molar-refractivity contribution in [3.05, 3.63) is 60.3 Å². The number of benzene rings is 1.